The first kappa shape index (κ1) is 47.6. The molecular formula is C46H60N10O7. The van der Waals surface area contributed by atoms with Crippen LogP contribution in [0.1, 0.15) is 78.6 Å². The lowest BCUT2D eigenvalue weighted by molar-refractivity contribution is -0.141. The van der Waals surface area contributed by atoms with Gasteiger partial charge in [-0.15, -0.1) is 0 Å². The lowest BCUT2D eigenvalue weighted by atomic mass is 9.86. The summed E-state index contributed by atoms with van der Waals surface area (Å²) in [4.78, 5) is 80.0. The highest BCUT2D eigenvalue weighted by Gasteiger charge is 2.36. The molecular weight excluding hydrogens is 805 g/mol. The Hall–Kier alpha value is -6.43. The SMILES string of the molecule is Cc1nc(-c2cccc(C(C)(C)C)c2)nc(C)c1C(=O)N[C@@H](CCN)C(=O)N(C)[C@@H]1C(=O)N[C@@H](C)C(=O)N[C@H](C(N)=O)Cc2ccc(OCCN)c(c2)-c2cc1ccc2OCCN. The van der Waals surface area contributed by atoms with Crippen LogP contribution in [0.25, 0.3) is 22.5 Å². The molecule has 11 N–H and O–H groups in total. The molecule has 17 nitrogen and oxygen atoms in total. The number of hydrogen-bond acceptors (Lipinski definition) is 12. The number of fused-ring (bicyclic) bond motifs is 5. The molecule has 0 radical (unpaired) electrons. The summed E-state index contributed by atoms with van der Waals surface area (Å²) in [6.07, 6.45) is 0.0400. The zero-order valence-electron chi connectivity index (χ0n) is 37.0. The van der Waals surface area contributed by atoms with Crippen LogP contribution in [0.15, 0.2) is 60.7 Å². The number of primary amides is 1. The monoisotopic (exact) mass is 864 g/mol. The van der Waals surface area contributed by atoms with Crippen LogP contribution in [0.3, 0.4) is 0 Å². The van der Waals surface area contributed by atoms with E-state index >= 15 is 0 Å². The molecule has 1 aliphatic rings. The third kappa shape index (κ3) is 11.3. The molecule has 2 heterocycles. The number of aryl methyl sites for hydroxylation is 2. The third-order valence-corrected chi connectivity index (χ3v) is 10.8. The van der Waals surface area contributed by atoms with Gasteiger partial charge in [-0.2, -0.15) is 0 Å². The number of aromatic nitrogens is 2. The largest absolute Gasteiger partial charge is 0.492 e. The summed E-state index contributed by atoms with van der Waals surface area (Å²) in [5, 5.41) is 8.19. The molecule has 17 heteroatoms. The van der Waals surface area contributed by atoms with Crippen molar-refractivity contribution >= 4 is 29.5 Å². The van der Waals surface area contributed by atoms with Gasteiger partial charge in [0.1, 0.15) is 48.9 Å². The van der Waals surface area contributed by atoms with Gasteiger partial charge in [-0.3, -0.25) is 24.0 Å². The Morgan fingerprint density at radius 2 is 1.48 bits per heavy atom. The van der Waals surface area contributed by atoms with E-state index in [1.54, 1.807) is 50.2 Å². The Morgan fingerprint density at radius 1 is 0.857 bits per heavy atom. The molecule has 0 spiro atoms. The van der Waals surface area contributed by atoms with Gasteiger partial charge in [-0.05, 0) is 86.2 Å². The van der Waals surface area contributed by atoms with Crippen LogP contribution in [0, 0.1) is 13.8 Å². The second-order valence-electron chi connectivity index (χ2n) is 16.6. The summed E-state index contributed by atoms with van der Waals surface area (Å²) in [5.74, 6) is -2.19. The lowest BCUT2D eigenvalue weighted by Gasteiger charge is -2.32. The van der Waals surface area contributed by atoms with Crippen LogP contribution in [-0.4, -0.2) is 102 Å². The van der Waals surface area contributed by atoms with E-state index in [-0.39, 0.29) is 56.7 Å². The number of rotatable bonds is 14. The zero-order chi connectivity index (χ0) is 46.2. The fourth-order valence-electron chi connectivity index (χ4n) is 7.42. The quantitative estimate of drug-likeness (QED) is 0.0961. The van der Waals surface area contributed by atoms with E-state index in [4.69, 9.17) is 42.4 Å². The first-order valence-corrected chi connectivity index (χ1v) is 20.9. The summed E-state index contributed by atoms with van der Waals surface area (Å²) in [5.41, 5.74) is 28.2. The normalized spacial score (nSPS) is 17.1. The van der Waals surface area contributed by atoms with Crippen LogP contribution >= 0.6 is 0 Å². The lowest BCUT2D eigenvalue weighted by Crippen LogP contribution is -2.55. The second-order valence-corrected chi connectivity index (χ2v) is 16.6. The Labute approximate surface area is 368 Å². The maximum absolute atomic E-state index is 14.7. The Morgan fingerprint density at radius 3 is 2.06 bits per heavy atom. The Bertz CT molecular complexity index is 2320. The van der Waals surface area contributed by atoms with E-state index in [1.165, 1.54) is 18.9 Å². The predicted octanol–water partition coefficient (Wildman–Crippen LogP) is 2.08. The van der Waals surface area contributed by atoms with Crippen molar-refractivity contribution in [3.05, 3.63) is 94.3 Å². The molecule has 0 saturated carbocycles. The molecule has 1 aliphatic heterocycles. The summed E-state index contributed by atoms with van der Waals surface area (Å²) in [6, 6.07) is 13.2. The van der Waals surface area contributed by atoms with Crippen LogP contribution in [-0.2, 0) is 31.0 Å². The number of ether oxygens (including phenoxy) is 2. The highest BCUT2D eigenvalue weighted by molar-refractivity contribution is 6.00. The van der Waals surface area contributed by atoms with E-state index in [0.717, 1.165) is 11.1 Å². The summed E-state index contributed by atoms with van der Waals surface area (Å²) in [6.45, 7) is 11.9. The number of nitrogens with one attached hydrogen (secondary N) is 3. The summed E-state index contributed by atoms with van der Waals surface area (Å²) < 4.78 is 12.1. The van der Waals surface area contributed by atoms with Crippen molar-refractivity contribution in [3.8, 4) is 34.0 Å². The number of nitrogens with two attached hydrogens (primary N) is 4. The van der Waals surface area contributed by atoms with Crippen LogP contribution in [0.5, 0.6) is 11.5 Å². The van der Waals surface area contributed by atoms with Gasteiger partial charge in [0, 0.05) is 43.2 Å². The average molecular weight is 865 g/mol. The molecule has 0 unspecified atom stereocenters. The van der Waals surface area contributed by atoms with Crippen molar-refractivity contribution in [2.75, 3.05) is 39.9 Å². The highest BCUT2D eigenvalue weighted by atomic mass is 16.5. The van der Waals surface area contributed by atoms with Crippen molar-refractivity contribution in [1.29, 1.82) is 0 Å². The minimum atomic E-state index is -1.38. The number of likely N-dealkylation sites (N-methyl/N-ethyl adjacent to an activating group) is 1. The van der Waals surface area contributed by atoms with Gasteiger partial charge in [-0.1, -0.05) is 51.1 Å². The first-order valence-electron chi connectivity index (χ1n) is 20.9. The number of carbonyl (C=O) groups excluding carboxylic acids is 5. The highest BCUT2D eigenvalue weighted by Crippen LogP contribution is 2.40. The smallest absolute Gasteiger partial charge is 0.255 e. The van der Waals surface area contributed by atoms with Gasteiger partial charge in [-0.25, -0.2) is 9.97 Å². The molecule has 3 aromatic carbocycles. The van der Waals surface area contributed by atoms with Crippen LogP contribution in [0.4, 0.5) is 0 Å². The minimum absolute atomic E-state index is 0.0103. The fourth-order valence-corrected chi connectivity index (χ4v) is 7.42. The Kier molecular flexibility index (Phi) is 15.6. The molecule has 5 rings (SSSR count). The molecule has 0 saturated heterocycles. The van der Waals surface area contributed by atoms with Gasteiger partial charge >= 0.3 is 0 Å². The van der Waals surface area contributed by atoms with E-state index in [9.17, 15) is 24.0 Å². The summed E-state index contributed by atoms with van der Waals surface area (Å²) in [7, 11) is 1.42. The number of carbonyl (C=O) groups is 5. The fraction of sp³-hybridized carbons (Fsp3) is 0.413. The maximum atomic E-state index is 14.7. The molecule has 336 valence electrons. The second kappa shape index (κ2) is 20.6. The third-order valence-electron chi connectivity index (χ3n) is 10.8. The summed E-state index contributed by atoms with van der Waals surface area (Å²) >= 11 is 0. The number of amides is 5. The van der Waals surface area contributed by atoms with Crippen molar-refractivity contribution in [2.45, 2.75) is 84.0 Å². The molecule has 63 heavy (non-hydrogen) atoms. The molecule has 4 atom stereocenters. The number of benzene rings is 3. The van der Waals surface area contributed by atoms with Crippen molar-refractivity contribution in [3.63, 3.8) is 0 Å². The van der Waals surface area contributed by atoms with Gasteiger partial charge in [0.05, 0.1) is 17.0 Å². The molecule has 4 bridgehead atoms. The van der Waals surface area contributed by atoms with E-state index in [0.29, 0.717) is 51.0 Å². The zero-order valence-corrected chi connectivity index (χ0v) is 37.0. The molecule has 0 fully saturated rings. The Balaban J connectivity index is 1.57. The number of hydrogen-bond donors (Lipinski definition) is 7. The van der Waals surface area contributed by atoms with E-state index < -0.39 is 53.7 Å². The van der Waals surface area contributed by atoms with Crippen molar-refractivity contribution in [2.24, 2.45) is 22.9 Å². The van der Waals surface area contributed by atoms with Gasteiger partial charge < -0.3 is 53.3 Å². The number of nitrogens with zero attached hydrogens (tertiary/aromatic N) is 3. The van der Waals surface area contributed by atoms with Gasteiger partial charge in [0.15, 0.2) is 5.82 Å². The van der Waals surface area contributed by atoms with E-state index in [1.807, 2.05) is 24.3 Å². The molecule has 0 aliphatic carbocycles. The van der Waals surface area contributed by atoms with Gasteiger partial charge in [0.2, 0.25) is 23.6 Å². The maximum Gasteiger partial charge on any atom is 0.255 e. The topological polar surface area (TPSA) is 273 Å². The van der Waals surface area contributed by atoms with Crippen LogP contribution in [0.2, 0.25) is 0 Å². The van der Waals surface area contributed by atoms with Crippen molar-refractivity contribution in [1.82, 2.24) is 30.8 Å². The predicted molar refractivity (Wildman–Crippen MR) is 239 cm³/mol. The average Bonchev–Trinajstić information content (AvgIpc) is 3.23. The standard InChI is InChI=1S/C46H60N10O7/c1-25-38(26(2)52-41(51-25)30-9-8-10-31(23-30)46(4,5)6)43(59)54-34(15-16-47)45(61)56(7)39-29-12-14-37(63-20-18-49)33(24-29)32-21-28(11-13-36(32)62-19-17-48)22-35(40(50)57)55-42(58)27(3)53-44(39)60/h8-14,21,23-24,27,34-35,39H,15-20,22,47-49H2,1-7H3,(H2,50,57)(H,53,60)(H,54,59)(H,55,58)/t27-,34-,35-,39-/m0/s1. The van der Waals surface area contributed by atoms with E-state index in [2.05, 4.69) is 36.7 Å². The van der Waals surface area contributed by atoms with Crippen molar-refractivity contribution < 1.29 is 33.4 Å². The van der Waals surface area contributed by atoms with Gasteiger partial charge in [0.25, 0.3) is 5.91 Å². The first-order chi connectivity index (χ1) is 29.9. The minimum Gasteiger partial charge on any atom is -0.492 e. The van der Waals surface area contributed by atoms with Crippen LogP contribution < -0.4 is 48.4 Å². The molecule has 5 amide bonds. The molecule has 1 aromatic heterocycles. The molecule has 4 aromatic rings.